The zero-order valence-corrected chi connectivity index (χ0v) is 22.6. The molecule has 0 aromatic heterocycles. The second-order valence-corrected chi connectivity index (χ2v) is 12.4. The fraction of sp³-hybridized carbons (Fsp3) is 0.774. The summed E-state index contributed by atoms with van der Waals surface area (Å²) in [6, 6.07) is 0. The van der Waals surface area contributed by atoms with Crippen molar-refractivity contribution < 1.29 is 14.6 Å². The summed E-state index contributed by atoms with van der Waals surface area (Å²) >= 11 is 0. The molecule has 192 valence electrons. The van der Waals surface area contributed by atoms with Crippen molar-refractivity contribution in [3.8, 4) is 0 Å². The summed E-state index contributed by atoms with van der Waals surface area (Å²) in [5.74, 6) is 2.12. The Labute approximate surface area is 209 Å². The van der Waals surface area contributed by atoms with Gasteiger partial charge in [-0.1, -0.05) is 63.5 Å². The van der Waals surface area contributed by atoms with Gasteiger partial charge < -0.3 is 9.84 Å². The Morgan fingerprint density at radius 3 is 2.74 bits per heavy atom. The number of carbonyl (C=O) groups excluding carboxylic acids is 1. The van der Waals surface area contributed by atoms with Crippen LogP contribution >= 0.6 is 0 Å². The molecule has 3 heteroatoms. The predicted octanol–water partition coefficient (Wildman–Crippen LogP) is 8.08. The van der Waals surface area contributed by atoms with Crippen LogP contribution in [0.3, 0.4) is 0 Å². The van der Waals surface area contributed by atoms with Crippen LogP contribution in [0, 0.1) is 23.2 Å². The second-order valence-electron chi connectivity index (χ2n) is 12.4. The SMILES string of the molecule is C=C1CC[C@H](OC(=O)CCC)C/C1=C/C=C1CCC[C@@]2(C)C1CC[C@@H]2[C@H](C)CCCC(C)(C)O. The molecule has 0 aromatic carbocycles. The Kier molecular flexibility index (Phi) is 9.29. The molecule has 0 spiro atoms. The molecule has 3 saturated carbocycles. The fourth-order valence-electron chi connectivity index (χ4n) is 7.20. The van der Waals surface area contributed by atoms with Crippen LogP contribution in [0.2, 0.25) is 0 Å². The van der Waals surface area contributed by atoms with Crippen LogP contribution in [0.4, 0.5) is 0 Å². The fourth-order valence-corrected chi connectivity index (χ4v) is 7.20. The summed E-state index contributed by atoms with van der Waals surface area (Å²) in [6.45, 7) is 15.2. The van der Waals surface area contributed by atoms with E-state index in [1.165, 1.54) is 49.7 Å². The maximum atomic E-state index is 12.0. The molecule has 1 N–H and O–H groups in total. The Morgan fingerprint density at radius 1 is 1.26 bits per heavy atom. The zero-order valence-electron chi connectivity index (χ0n) is 22.6. The van der Waals surface area contributed by atoms with Crippen LogP contribution in [0.1, 0.15) is 118 Å². The van der Waals surface area contributed by atoms with Gasteiger partial charge in [0.05, 0.1) is 5.60 Å². The van der Waals surface area contributed by atoms with Crippen LogP contribution in [0.15, 0.2) is 35.5 Å². The van der Waals surface area contributed by atoms with Gasteiger partial charge in [0.2, 0.25) is 0 Å². The minimum absolute atomic E-state index is 0.00595. The highest BCUT2D eigenvalue weighted by Crippen LogP contribution is 2.60. The molecule has 0 saturated heterocycles. The van der Waals surface area contributed by atoms with Crippen molar-refractivity contribution in [2.24, 2.45) is 23.2 Å². The van der Waals surface area contributed by atoms with Crippen molar-refractivity contribution in [1.29, 1.82) is 0 Å². The van der Waals surface area contributed by atoms with Gasteiger partial charge in [0, 0.05) is 12.8 Å². The normalized spacial score (nSPS) is 33.2. The predicted molar refractivity (Wildman–Crippen MR) is 141 cm³/mol. The molecule has 3 rings (SSSR count). The van der Waals surface area contributed by atoms with E-state index in [1.54, 1.807) is 5.57 Å². The van der Waals surface area contributed by atoms with Gasteiger partial charge in [-0.25, -0.2) is 0 Å². The van der Waals surface area contributed by atoms with E-state index in [0.717, 1.165) is 44.4 Å². The van der Waals surface area contributed by atoms with Crippen LogP contribution < -0.4 is 0 Å². The molecular formula is C31H50O3. The first-order valence-electron chi connectivity index (χ1n) is 14.0. The summed E-state index contributed by atoms with van der Waals surface area (Å²) in [5, 5.41) is 10.1. The second kappa shape index (κ2) is 11.6. The highest BCUT2D eigenvalue weighted by molar-refractivity contribution is 5.69. The number of allylic oxidation sites excluding steroid dienone is 4. The zero-order chi connectivity index (χ0) is 24.9. The first-order chi connectivity index (χ1) is 16.0. The molecule has 0 aliphatic heterocycles. The first-order valence-corrected chi connectivity index (χ1v) is 14.0. The van der Waals surface area contributed by atoms with Gasteiger partial charge in [-0.2, -0.15) is 0 Å². The van der Waals surface area contributed by atoms with E-state index in [1.807, 2.05) is 20.8 Å². The van der Waals surface area contributed by atoms with Crippen molar-refractivity contribution in [1.82, 2.24) is 0 Å². The summed E-state index contributed by atoms with van der Waals surface area (Å²) in [4.78, 5) is 12.0. The molecule has 34 heavy (non-hydrogen) atoms. The number of rotatable bonds is 9. The van der Waals surface area contributed by atoms with Crippen LogP contribution in [0.5, 0.6) is 0 Å². The van der Waals surface area contributed by atoms with Crippen LogP contribution in [-0.4, -0.2) is 22.8 Å². The molecule has 3 aliphatic carbocycles. The van der Waals surface area contributed by atoms with Crippen molar-refractivity contribution in [2.75, 3.05) is 0 Å². The Bertz CT molecular complexity index is 783. The first kappa shape index (κ1) is 27.2. The average molecular weight is 471 g/mol. The van der Waals surface area contributed by atoms with Gasteiger partial charge in [-0.3, -0.25) is 4.79 Å². The lowest BCUT2D eigenvalue weighted by atomic mass is 9.60. The highest BCUT2D eigenvalue weighted by Gasteiger charge is 2.50. The molecule has 0 amide bonds. The Balaban J connectivity index is 1.66. The largest absolute Gasteiger partial charge is 0.462 e. The third-order valence-electron chi connectivity index (χ3n) is 9.09. The minimum atomic E-state index is -0.549. The molecule has 0 heterocycles. The van der Waals surface area contributed by atoms with E-state index >= 15 is 0 Å². The summed E-state index contributed by atoms with van der Waals surface area (Å²) in [6.07, 6.45) is 18.4. The molecule has 5 atom stereocenters. The monoisotopic (exact) mass is 470 g/mol. The number of fused-ring (bicyclic) bond motifs is 1. The van der Waals surface area contributed by atoms with E-state index in [9.17, 15) is 9.90 Å². The molecular weight excluding hydrogens is 420 g/mol. The van der Waals surface area contributed by atoms with E-state index in [4.69, 9.17) is 4.74 Å². The van der Waals surface area contributed by atoms with Crippen molar-refractivity contribution >= 4 is 5.97 Å². The minimum Gasteiger partial charge on any atom is -0.462 e. The maximum absolute atomic E-state index is 12.0. The van der Waals surface area contributed by atoms with Gasteiger partial charge in [0.15, 0.2) is 0 Å². The Hall–Kier alpha value is -1.35. The highest BCUT2D eigenvalue weighted by atomic mass is 16.5. The topological polar surface area (TPSA) is 46.5 Å². The molecule has 3 fully saturated rings. The molecule has 3 nitrogen and oxygen atoms in total. The lowest BCUT2D eigenvalue weighted by Crippen LogP contribution is -2.36. The van der Waals surface area contributed by atoms with Gasteiger partial charge >= 0.3 is 5.97 Å². The van der Waals surface area contributed by atoms with E-state index in [0.29, 0.717) is 23.7 Å². The quantitative estimate of drug-likeness (QED) is 0.346. The van der Waals surface area contributed by atoms with E-state index in [-0.39, 0.29) is 12.1 Å². The summed E-state index contributed by atoms with van der Waals surface area (Å²) in [5.41, 5.74) is 3.97. The smallest absolute Gasteiger partial charge is 0.306 e. The van der Waals surface area contributed by atoms with Crippen molar-refractivity contribution in [2.45, 2.75) is 130 Å². The van der Waals surface area contributed by atoms with E-state index in [2.05, 4.69) is 32.6 Å². The number of esters is 1. The van der Waals surface area contributed by atoms with E-state index < -0.39 is 5.60 Å². The third-order valence-corrected chi connectivity index (χ3v) is 9.09. The lowest BCUT2D eigenvalue weighted by molar-refractivity contribution is -0.149. The number of hydrogen-bond donors (Lipinski definition) is 1. The van der Waals surface area contributed by atoms with Crippen LogP contribution in [-0.2, 0) is 9.53 Å². The number of aliphatic hydroxyl groups is 1. The van der Waals surface area contributed by atoms with Gasteiger partial charge in [0.1, 0.15) is 6.10 Å². The molecule has 0 bridgehead atoms. The third kappa shape index (κ3) is 6.86. The van der Waals surface area contributed by atoms with Gasteiger partial charge in [0.25, 0.3) is 0 Å². The molecule has 0 aromatic rings. The Morgan fingerprint density at radius 2 is 2.03 bits per heavy atom. The molecule has 0 radical (unpaired) electrons. The van der Waals surface area contributed by atoms with Gasteiger partial charge in [-0.05, 0) is 100 Å². The van der Waals surface area contributed by atoms with Crippen molar-refractivity contribution in [3.05, 3.63) is 35.5 Å². The average Bonchev–Trinajstić information content (AvgIpc) is 3.11. The number of ether oxygens (including phenoxy) is 1. The number of carbonyl (C=O) groups is 1. The summed E-state index contributed by atoms with van der Waals surface area (Å²) < 4.78 is 5.72. The number of hydrogen-bond acceptors (Lipinski definition) is 3. The van der Waals surface area contributed by atoms with Crippen LogP contribution in [0.25, 0.3) is 0 Å². The summed E-state index contributed by atoms with van der Waals surface area (Å²) in [7, 11) is 0. The maximum Gasteiger partial charge on any atom is 0.306 e. The molecule has 1 unspecified atom stereocenters. The standard InChI is InChI=1S/C31H50O3/c1-7-10-29(32)34-26-16-13-22(2)25(21-26)15-14-24-12-9-20-31(6)27(17-18-28(24)31)23(3)11-8-19-30(4,5)33/h14-15,23,26-28,33H,2,7-13,16-21H2,1,3-6H3/b24-14?,25-15-/t23-,26+,27-,28?,31-/m1/s1. The van der Waals surface area contributed by atoms with Crippen molar-refractivity contribution in [3.63, 3.8) is 0 Å². The lowest BCUT2D eigenvalue weighted by Gasteiger charge is -2.44. The van der Waals surface area contributed by atoms with Gasteiger partial charge in [-0.15, -0.1) is 0 Å². The molecule has 3 aliphatic rings.